The van der Waals surface area contributed by atoms with E-state index in [0.717, 1.165) is 0 Å². The number of fused-ring (bicyclic) bond motifs is 1. The Bertz CT molecular complexity index is 420. The van der Waals surface area contributed by atoms with E-state index in [1.807, 2.05) is 0 Å². The molecular weight excluding hydrogens is 272 g/mol. The number of esters is 1. The van der Waals surface area contributed by atoms with E-state index in [0.29, 0.717) is 0 Å². The average molecular weight is 290 g/mol. The van der Waals surface area contributed by atoms with Gasteiger partial charge in [0.25, 0.3) is 5.79 Å². The topological polar surface area (TPSA) is 101 Å². The molecule has 1 N–H and O–H groups in total. The lowest BCUT2D eigenvalue weighted by Gasteiger charge is -2.40. The summed E-state index contributed by atoms with van der Waals surface area (Å²) < 4.78 is 26.2. The van der Waals surface area contributed by atoms with Crippen LogP contribution in [0.5, 0.6) is 0 Å². The maximum absolute atomic E-state index is 11.9. The summed E-state index contributed by atoms with van der Waals surface area (Å²) in [5, 5.41) is 9.27. The minimum absolute atomic E-state index is 0.00590. The molecule has 0 aromatic heterocycles. The molecular formula is C12H18O8. The molecule has 2 fully saturated rings. The van der Waals surface area contributed by atoms with Gasteiger partial charge in [0.1, 0.15) is 6.10 Å². The van der Waals surface area contributed by atoms with Crippen molar-refractivity contribution in [1.82, 2.24) is 0 Å². The standard InChI is InChI=1S/C12H18O8/c1-11(2)18-6-5-12(17-4,10(15)16-3)20-8(9(13)14)7(6)19-11/h6-8H,5H2,1-4H3,(H,13,14)/t6-,7-,8+,12-/m1/s1. The van der Waals surface area contributed by atoms with Crippen molar-refractivity contribution >= 4 is 11.9 Å². The van der Waals surface area contributed by atoms with Gasteiger partial charge in [-0.15, -0.1) is 0 Å². The normalized spacial score (nSPS) is 39.1. The van der Waals surface area contributed by atoms with Gasteiger partial charge < -0.3 is 28.8 Å². The Hall–Kier alpha value is -1.22. The molecule has 0 radical (unpaired) electrons. The van der Waals surface area contributed by atoms with E-state index in [1.165, 1.54) is 14.2 Å². The molecule has 2 rings (SSSR count). The van der Waals surface area contributed by atoms with Crippen LogP contribution in [0.4, 0.5) is 0 Å². The second kappa shape index (κ2) is 4.96. The van der Waals surface area contributed by atoms with E-state index in [9.17, 15) is 14.7 Å². The van der Waals surface area contributed by atoms with Crippen molar-refractivity contribution in [2.24, 2.45) is 0 Å². The fraction of sp³-hybridized carbons (Fsp3) is 0.833. The number of aliphatic carboxylic acids is 1. The van der Waals surface area contributed by atoms with Gasteiger partial charge >= 0.3 is 11.9 Å². The first kappa shape index (κ1) is 15.2. The third-order valence-corrected chi connectivity index (χ3v) is 3.38. The number of rotatable bonds is 3. The smallest absolute Gasteiger partial charge is 0.366 e. The van der Waals surface area contributed by atoms with Crippen molar-refractivity contribution in [3.63, 3.8) is 0 Å². The number of carboxylic acid groups (broad SMARTS) is 1. The van der Waals surface area contributed by atoms with E-state index in [4.69, 9.17) is 18.9 Å². The van der Waals surface area contributed by atoms with E-state index in [2.05, 4.69) is 4.74 Å². The molecule has 20 heavy (non-hydrogen) atoms. The van der Waals surface area contributed by atoms with Gasteiger partial charge in [0.2, 0.25) is 0 Å². The molecule has 0 amide bonds. The summed E-state index contributed by atoms with van der Waals surface area (Å²) in [6, 6.07) is 0. The van der Waals surface area contributed by atoms with Crippen molar-refractivity contribution in [3.8, 4) is 0 Å². The summed E-state index contributed by atoms with van der Waals surface area (Å²) in [7, 11) is 2.42. The van der Waals surface area contributed by atoms with Crippen LogP contribution in [0, 0.1) is 0 Å². The minimum atomic E-state index is -1.80. The monoisotopic (exact) mass is 290 g/mol. The molecule has 2 aliphatic heterocycles. The average Bonchev–Trinajstić information content (AvgIpc) is 2.69. The number of ether oxygens (including phenoxy) is 5. The molecule has 0 spiro atoms. The van der Waals surface area contributed by atoms with Crippen LogP contribution >= 0.6 is 0 Å². The van der Waals surface area contributed by atoms with Gasteiger partial charge in [-0.05, 0) is 13.8 Å². The SMILES string of the molecule is COC(=O)[C@@]1(OC)C[C@H]2OC(C)(C)O[C@H]2[C@@H](C(=O)O)O1. The van der Waals surface area contributed by atoms with Gasteiger partial charge in [-0.1, -0.05) is 0 Å². The lowest BCUT2D eigenvalue weighted by atomic mass is 9.95. The van der Waals surface area contributed by atoms with Crippen molar-refractivity contribution in [3.05, 3.63) is 0 Å². The highest BCUT2D eigenvalue weighted by molar-refractivity contribution is 5.80. The molecule has 2 saturated heterocycles. The van der Waals surface area contributed by atoms with Crippen LogP contribution < -0.4 is 0 Å². The number of carbonyl (C=O) groups excluding carboxylic acids is 1. The van der Waals surface area contributed by atoms with E-state index < -0.39 is 41.8 Å². The summed E-state index contributed by atoms with van der Waals surface area (Å²) in [6.07, 6.45) is -2.84. The van der Waals surface area contributed by atoms with Crippen molar-refractivity contribution < 1.29 is 38.4 Å². The first-order valence-electron chi connectivity index (χ1n) is 6.14. The Balaban J connectivity index is 2.34. The predicted octanol–water partition coefficient (Wildman–Crippen LogP) is -0.104. The number of methoxy groups -OCH3 is 2. The number of carbonyl (C=O) groups is 2. The number of carboxylic acids is 1. The second-order valence-electron chi connectivity index (χ2n) is 5.17. The first-order valence-corrected chi connectivity index (χ1v) is 6.14. The molecule has 0 aromatic carbocycles. The molecule has 8 heteroatoms. The fourth-order valence-electron chi connectivity index (χ4n) is 2.56. The summed E-state index contributed by atoms with van der Waals surface area (Å²) in [4.78, 5) is 23.2. The Morgan fingerprint density at radius 3 is 2.35 bits per heavy atom. The highest BCUT2D eigenvalue weighted by Crippen LogP contribution is 2.41. The minimum Gasteiger partial charge on any atom is -0.479 e. The van der Waals surface area contributed by atoms with Gasteiger partial charge in [-0.25, -0.2) is 9.59 Å². The van der Waals surface area contributed by atoms with Crippen LogP contribution in [0.3, 0.4) is 0 Å². The molecule has 114 valence electrons. The second-order valence-corrected chi connectivity index (χ2v) is 5.17. The summed E-state index contributed by atoms with van der Waals surface area (Å²) in [6.45, 7) is 3.33. The molecule has 2 heterocycles. The van der Waals surface area contributed by atoms with Gasteiger partial charge in [-0.3, -0.25) is 0 Å². The molecule has 0 aliphatic carbocycles. The summed E-state index contributed by atoms with van der Waals surface area (Å²) in [5.74, 6) is -4.82. The number of hydrogen-bond acceptors (Lipinski definition) is 7. The third-order valence-electron chi connectivity index (χ3n) is 3.38. The van der Waals surface area contributed by atoms with Crippen LogP contribution in [-0.4, -0.2) is 61.2 Å². The molecule has 2 aliphatic rings. The maximum atomic E-state index is 11.9. The van der Waals surface area contributed by atoms with Crippen LogP contribution in [-0.2, 0) is 33.3 Å². The zero-order valence-electron chi connectivity index (χ0n) is 11.7. The van der Waals surface area contributed by atoms with Crippen molar-refractivity contribution in [1.29, 1.82) is 0 Å². The quantitative estimate of drug-likeness (QED) is 0.719. The van der Waals surface area contributed by atoms with Gasteiger partial charge in [0, 0.05) is 13.5 Å². The van der Waals surface area contributed by atoms with Crippen LogP contribution in [0.2, 0.25) is 0 Å². The van der Waals surface area contributed by atoms with Crippen molar-refractivity contribution in [2.45, 2.75) is 50.2 Å². The maximum Gasteiger partial charge on any atom is 0.366 e. The fourth-order valence-corrected chi connectivity index (χ4v) is 2.56. The van der Waals surface area contributed by atoms with Crippen LogP contribution in [0.15, 0.2) is 0 Å². The lowest BCUT2D eigenvalue weighted by Crippen LogP contribution is -2.60. The highest BCUT2D eigenvalue weighted by atomic mass is 16.8. The Labute approximate surface area is 115 Å². The zero-order valence-corrected chi connectivity index (χ0v) is 11.7. The van der Waals surface area contributed by atoms with E-state index >= 15 is 0 Å². The Kier molecular flexibility index (Phi) is 3.76. The van der Waals surface area contributed by atoms with Gasteiger partial charge in [0.05, 0.1) is 13.2 Å². The van der Waals surface area contributed by atoms with E-state index in [-0.39, 0.29) is 6.42 Å². The number of hydrogen-bond donors (Lipinski definition) is 1. The van der Waals surface area contributed by atoms with Crippen LogP contribution in [0.25, 0.3) is 0 Å². The Morgan fingerprint density at radius 1 is 1.20 bits per heavy atom. The predicted molar refractivity (Wildman–Crippen MR) is 62.7 cm³/mol. The lowest BCUT2D eigenvalue weighted by molar-refractivity contribution is -0.289. The summed E-state index contributed by atoms with van der Waals surface area (Å²) >= 11 is 0. The third kappa shape index (κ3) is 2.39. The van der Waals surface area contributed by atoms with Crippen molar-refractivity contribution in [2.75, 3.05) is 14.2 Å². The molecule has 0 unspecified atom stereocenters. The summed E-state index contributed by atoms with van der Waals surface area (Å²) in [5.41, 5.74) is 0. The zero-order chi connectivity index (χ0) is 15.1. The Morgan fingerprint density at radius 2 is 1.85 bits per heavy atom. The van der Waals surface area contributed by atoms with Crippen LogP contribution in [0.1, 0.15) is 20.3 Å². The molecule has 0 bridgehead atoms. The molecule has 0 aromatic rings. The largest absolute Gasteiger partial charge is 0.479 e. The molecule has 4 atom stereocenters. The van der Waals surface area contributed by atoms with Gasteiger partial charge in [-0.2, -0.15) is 0 Å². The van der Waals surface area contributed by atoms with Gasteiger partial charge in [0.15, 0.2) is 11.9 Å². The first-order chi connectivity index (χ1) is 9.24. The molecule has 8 nitrogen and oxygen atoms in total. The highest BCUT2D eigenvalue weighted by Gasteiger charge is 2.60. The molecule has 0 saturated carbocycles. The van der Waals surface area contributed by atoms with E-state index in [1.54, 1.807) is 13.8 Å².